The Kier molecular flexibility index (Phi) is 3.97. The van der Waals surface area contributed by atoms with Crippen molar-refractivity contribution in [3.8, 4) is 22.6 Å². The number of fused-ring (bicyclic) bond motifs is 2. The summed E-state index contributed by atoms with van der Waals surface area (Å²) >= 11 is 0. The second-order valence-electron chi connectivity index (χ2n) is 7.99. The number of rotatable bonds is 3. The van der Waals surface area contributed by atoms with E-state index in [1.54, 1.807) is 12.4 Å². The zero-order valence-corrected chi connectivity index (χ0v) is 16.7. The molecule has 1 saturated carbocycles. The fraction of sp³-hybridized carbons (Fsp3) is 0.167. The molecule has 7 heteroatoms. The second kappa shape index (κ2) is 6.85. The summed E-state index contributed by atoms with van der Waals surface area (Å²) in [5, 5.41) is 10.8. The highest BCUT2D eigenvalue weighted by molar-refractivity contribution is 5.91. The molecule has 4 heterocycles. The number of benzene rings is 1. The van der Waals surface area contributed by atoms with Crippen LogP contribution in [0.15, 0.2) is 67.1 Å². The van der Waals surface area contributed by atoms with Crippen LogP contribution in [0.3, 0.4) is 0 Å². The van der Waals surface area contributed by atoms with Gasteiger partial charge in [0.15, 0.2) is 0 Å². The molecule has 0 radical (unpaired) electrons. The van der Waals surface area contributed by atoms with Crippen molar-refractivity contribution < 1.29 is 5.11 Å². The Balaban J connectivity index is 1.51. The van der Waals surface area contributed by atoms with Gasteiger partial charge in [-0.2, -0.15) is 0 Å². The van der Waals surface area contributed by atoms with Crippen molar-refractivity contribution in [2.75, 3.05) is 5.73 Å². The number of nitrogens with zero attached hydrogens (tertiary/aromatic N) is 5. The van der Waals surface area contributed by atoms with E-state index in [0.717, 1.165) is 44.9 Å². The van der Waals surface area contributed by atoms with Crippen LogP contribution in [0.2, 0.25) is 0 Å². The van der Waals surface area contributed by atoms with Crippen LogP contribution in [0.25, 0.3) is 39.1 Å². The van der Waals surface area contributed by atoms with E-state index in [-0.39, 0.29) is 12.0 Å². The van der Waals surface area contributed by atoms with Crippen LogP contribution in [0.4, 0.5) is 5.82 Å². The maximum absolute atomic E-state index is 9.78. The molecule has 152 valence electrons. The van der Waals surface area contributed by atoms with E-state index >= 15 is 0 Å². The van der Waals surface area contributed by atoms with Gasteiger partial charge in [0.05, 0.1) is 23.0 Å². The van der Waals surface area contributed by atoms with Gasteiger partial charge in [0.2, 0.25) is 0 Å². The second-order valence-corrected chi connectivity index (χ2v) is 7.99. The first-order valence-corrected chi connectivity index (χ1v) is 10.3. The number of aromatic nitrogens is 5. The molecule has 0 saturated heterocycles. The van der Waals surface area contributed by atoms with Gasteiger partial charge in [-0.1, -0.05) is 24.3 Å². The van der Waals surface area contributed by atoms with Gasteiger partial charge in [0.25, 0.3) is 0 Å². The molecule has 0 spiro atoms. The van der Waals surface area contributed by atoms with Crippen LogP contribution in [0.1, 0.15) is 24.6 Å². The third kappa shape index (κ3) is 2.93. The summed E-state index contributed by atoms with van der Waals surface area (Å²) in [5.41, 5.74) is 11.3. The smallest absolute Gasteiger partial charge is 0.150 e. The van der Waals surface area contributed by atoms with Crippen molar-refractivity contribution in [3.63, 3.8) is 0 Å². The molecule has 0 atom stereocenters. The highest BCUT2D eigenvalue weighted by Gasteiger charge is 2.33. The minimum atomic E-state index is -0.255. The molecule has 0 amide bonds. The Labute approximate surface area is 178 Å². The number of nitrogen functional groups attached to an aromatic ring is 1. The number of pyridine rings is 2. The summed E-state index contributed by atoms with van der Waals surface area (Å²) in [6.07, 6.45) is 6.52. The first kappa shape index (κ1) is 18.0. The average Bonchev–Trinajstić information content (AvgIpc) is 3.17. The number of hydrogen-bond acceptors (Lipinski definition) is 6. The van der Waals surface area contributed by atoms with Gasteiger partial charge in [0, 0.05) is 35.5 Å². The molecule has 1 aromatic carbocycles. The van der Waals surface area contributed by atoms with Gasteiger partial charge in [-0.15, -0.1) is 0 Å². The lowest BCUT2D eigenvalue weighted by molar-refractivity contribution is 0.0715. The Hall–Kier alpha value is -3.84. The Morgan fingerprint density at radius 2 is 1.81 bits per heavy atom. The van der Waals surface area contributed by atoms with Crippen molar-refractivity contribution in [1.82, 2.24) is 24.3 Å². The summed E-state index contributed by atoms with van der Waals surface area (Å²) < 4.78 is 2.01. The van der Waals surface area contributed by atoms with Gasteiger partial charge in [-0.25, -0.2) is 15.0 Å². The molecular formula is C24H20N6O. The lowest BCUT2D eigenvalue weighted by Gasteiger charge is -2.30. The Morgan fingerprint density at radius 3 is 2.61 bits per heavy atom. The van der Waals surface area contributed by atoms with E-state index in [2.05, 4.69) is 16.0 Å². The zero-order chi connectivity index (χ0) is 20.9. The normalized spacial score (nSPS) is 18.4. The van der Waals surface area contributed by atoms with Crippen LogP contribution < -0.4 is 5.73 Å². The highest BCUT2D eigenvalue weighted by Crippen LogP contribution is 2.39. The predicted molar refractivity (Wildman–Crippen MR) is 119 cm³/mol. The molecule has 31 heavy (non-hydrogen) atoms. The summed E-state index contributed by atoms with van der Waals surface area (Å²) in [6, 6.07) is 16.0. The molecule has 1 fully saturated rings. The molecule has 3 N–H and O–H groups in total. The van der Waals surface area contributed by atoms with Crippen molar-refractivity contribution in [1.29, 1.82) is 0 Å². The SMILES string of the molecule is Nc1nccn2c(C3CC(O)C3)nc(-c3ccc4ccc(-c5ccccn5)nc4c3)c12. The molecule has 1 aliphatic rings. The molecule has 1 aliphatic carbocycles. The quantitative estimate of drug-likeness (QED) is 0.470. The van der Waals surface area contributed by atoms with Gasteiger partial charge < -0.3 is 10.8 Å². The predicted octanol–water partition coefficient (Wildman–Crippen LogP) is 3.83. The van der Waals surface area contributed by atoms with E-state index < -0.39 is 0 Å². The molecule has 7 nitrogen and oxygen atoms in total. The largest absolute Gasteiger partial charge is 0.393 e. The topological polar surface area (TPSA) is 102 Å². The Bertz CT molecular complexity index is 1420. The van der Waals surface area contributed by atoms with E-state index in [4.69, 9.17) is 15.7 Å². The van der Waals surface area contributed by atoms with Crippen molar-refractivity contribution in [2.24, 2.45) is 0 Å². The lowest BCUT2D eigenvalue weighted by Crippen LogP contribution is -2.27. The molecule has 5 aromatic rings. The van der Waals surface area contributed by atoms with Gasteiger partial charge in [-0.05, 0) is 37.1 Å². The summed E-state index contributed by atoms with van der Waals surface area (Å²) in [6.45, 7) is 0. The van der Waals surface area contributed by atoms with Crippen molar-refractivity contribution >= 4 is 22.2 Å². The maximum atomic E-state index is 9.78. The van der Waals surface area contributed by atoms with Gasteiger partial charge in [0.1, 0.15) is 22.9 Å². The van der Waals surface area contributed by atoms with Gasteiger partial charge >= 0.3 is 0 Å². The monoisotopic (exact) mass is 408 g/mol. The standard InChI is InChI=1S/C24H20N6O/c25-23-22-21(29-24(16-11-17(31)12-16)30(22)10-9-27-23)15-5-4-14-6-7-19(28-20(14)13-15)18-3-1-2-8-26-18/h1-10,13,16-17,31H,11-12H2,(H2,25,27). The van der Waals surface area contributed by atoms with Crippen LogP contribution in [0, 0.1) is 0 Å². The number of nitrogens with two attached hydrogens (primary N) is 1. The number of aliphatic hydroxyl groups is 1. The van der Waals surface area contributed by atoms with Crippen LogP contribution in [-0.2, 0) is 0 Å². The molecule has 4 aromatic heterocycles. The maximum Gasteiger partial charge on any atom is 0.150 e. The molecule has 0 unspecified atom stereocenters. The first-order chi connectivity index (χ1) is 15.2. The van der Waals surface area contributed by atoms with Crippen molar-refractivity contribution in [3.05, 3.63) is 72.9 Å². The fourth-order valence-electron chi connectivity index (χ4n) is 4.30. The number of anilines is 1. The van der Waals surface area contributed by atoms with E-state index in [0.29, 0.717) is 18.7 Å². The Morgan fingerprint density at radius 1 is 0.935 bits per heavy atom. The third-order valence-corrected chi connectivity index (χ3v) is 5.98. The molecule has 0 aliphatic heterocycles. The van der Waals surface area contributed by atoms with Crippen LogP contribution >= 0.6 is 0 Å². The highest BCUT2D eigenvalue weighted by atomic mass is 16.3. The fourth-order valence-corrected chi connectivity index (χ4v) is 4.30. The van der Waals surface area contributed by atoms with Crippen LogP contribution in [0.5, 0.6) is 0 Å². The molecule has 0 bridgehead atoms. The van der Waals surface area contributed by atoms with Crippen molar-refractivity contribution in [2.45, 2.75) is 24.9 Å². The summed E-state index contributed by atoms with van der Waals surface area (Å²) in [7, 11) is 0. The number of aliphatic hydroxyl groups excluding tert-OH is 1. The summed E-state index contributed by atoms with van der Waals surface area (Å²) in [4.78, 5) is 18.5. The first-order valence-electron chi connectivity index (χ1n) is 10.3. The number of imidazole rings is 1. The summed E-state index contributed by atoms with van der Waals surface area (Å²) in [5.74, 6) is 1.57. The molecule has 6 rings (SSSR count). The zero-order valence-electron chi connectivity index (χ0n) is 16.7. The third-order valence-electron chi connectivity index (χ3n) is 5.98. The van der Waals surface area contributed by atoms with E-state index in [1.165, 1.54) is 0 Å². The average molecular weight is 408 g/mol. The number of hydrogen-bond donors (Lipinski definition) is 2. The molecular weight excluding hydrogens is 388 g/mol. The van der Waals surface area contributed by atoms with E-state index in [9.17, 15) is 5.11 Å². The van der Waals surface area contributed by atoms with Gasteiger partial charge in [-0.3, -0.25) is 9.38 Å². The lowest BCUT2D eigenvalue weighted by atomic mass is 9.82. The minimum absolute atomic E-state index is 0.215. The van der Waals surface area contributed by atoms with E-state index in [1.807, 2.05) is 53.1 Å². The van der Waals surface area contributed by atoms with Crippen LogP contribution in [-0.4, -0.2) is 35.5 Å². The minimum Gasteiger partial charge on any atom is -0.393 e.